The van der Waals surface area contributed by atoms with Crippen molar-refractivity contribution >= 4 is 23.1 Å². The van der Waals surface area contributed by atoms with E-state index >= 15 is 0 Å². The molecule has 1 atom stereocenters. The van der Waals surface area contributed by atoms with Gasteiger partial charge >= 0.3 is 0 Å². The molecule has 1 N–H and O–H groups in total. The molecule has 0 bridgehead atoms. The fourth-order valence-corrected chi connectivity index (χ4v) is 3.86. The fraction of sp³-hybridized carbons (Fsp3) is 0.571. The van der Waals surface area contributed by atoms with Gasteiger partial charge in [0, 0.05) is 40.4 Å². The van der Waals surface area contributed by atoms with Gasteiger partial charge in [-0.3, -0.25) is 0 Å². The largest absolute Gasteiger partial charge is 0.395 e. The summed E-state index contributed by atoms with van der Waals surface area (Å²) >= 11 is 3.71. The van der Waals surface area contributed by atoms with Crippen LogP contribution in [0.2, 0.25) is 0 Å². The molecule has 1 fully saturated rings. The average Bonchev–Trinajstić information content (AvgIpc) is 3.01. The zero-order valence-electron chi connectivity index (χ0n) is 10.4. The van der Waals surface area contributed by atoms with E-state index in [0.717, 1.165) is 23.7 Å². The Morgan fingerprint density at radius 2 is 2.50 bits per heavy atom. The van der Waals surface area contributed by atoms with E-state index in [1.165, 1.54) is 17.7 Å². The predicted octanol–water partition coefficient (Wildman–Crippen LogP) is 2.89. The van der Waals surface area contributed by atoms with Crippen LogP contribution in [0.15, 0.2) is 11.4 Å². The smallest absolute Gasteiger partial charge is 0.0666 e. The molecule has 1 aliphatic rings. The van der Waals surface area contributed by atoms with Crippen molar-refractivity contribution < 1.29 is 9.84 Å². The van der Waals surface area contributed by atoms with E-state index in [0.29, 0.717) is 12.5 Å². The summed E-state index contributed by atoms with van der Waals surface area (Å²) in [4.78, 5) is 1.37. The first kappa shape index (κ1) is 14.0. The molecular formula is C14H18O2S2. The normalized spacial score (nSPS) is 18.6. The lowest BCUT2D eigenvalue weighted by Crippen LogP contribution is -2.07. The quantitative estimate of drug-likeness (QED) is 0.842. The minimum atomic E-state index is 0.140. The summed E-state index contributed by atoms with van der Waals surface area (Å²) in [5, 5.41) is 10.7. The molecular weight excluding hydrogens is 264 g/mol. The van der Waals surface area contributed by atoms with E-state index in [-0.39, 0.29) is 6.61 Å². The number of hydrogen-bond donors (Lipinski definition) is 1. The molecule has 2 heterocycles. The summed E-state index contributed by atoms with van der Waals surface area (Å²) in [5.41, 5.74) is 1.07. The minimum absolute atomic E-state index is 0.140. The number of rotatable bonds is 5. The maximum Gasteiger partial charge on any atom is 0.0666 e. The summed E-state index contributed by atoms with van der Waals surface area (Å²) in [7, 11) is 0. The molecule has 0 radical (unpaired) electrons. The standard InChI is InChI=1S/C14H18O2S2/c15-6-2-1-4-12-8-14(18-9-12)11-17-10-13-5-3-7-16-13/h8-9,13,15H,2-3,5-7,10-11H2. The topological polar surface area (TPSA) is 29.5 Å². The van der Waals surface area contributed by atoms with Crippen LogP contribution in [0.5, 0.6) is 0 Å². The molecule has 1 aromatic rings. The van der Waals surface area contributed by atoms with Gasteiger partial charge < -0.3 is 9.84 Å². The summed E-state index contributed by atoms with van der Waals surface area (Å²) in [6.07, 6.45) is 3.46. The second-order valence-corrected chi connectivity index (χ2v) is 6.25. The minimum Gasteiger partial charge on any atom is -0.395 e. The third-order valence-corrected chi connectivity index (χ3v) is 4.94. The molecule has 0 spiro atoms. The van der Waals surface area contributed by atoms with E-state index in [1.807, 2.05) is 11.8 Å². The van der Waals surface area contributed by atoms with Crippen LogP contribution in [0.3, 0.4) is 0 Å². The number of thioether (sulfide) groups is 1. The van der Waals surface area contributed by atoms with Crippen LogP contribution >= 0.6 is 23.1 Å². The highest BCUT2D eigenvalue weighted by Gasteiger charge is 2.15. The van der Waals surface area contributed by atoms with Gasteiger partial charge in [-0.2, -0.15) is 11.8 Å². The van der Waals surface area contributed by atoms with Gasteiger partial charge in [-0.1, -0.05) is 11.8 Å². The molecule has 0 aliphatic carbocycles. The first-order valence-corrected chi connectivity index (χ1v) is 8.28. The van der Waals surface area contributed by atoms with Crippen LogP contribution in [-0.4, -0.2) is 30.2 Å². The monoisotopic (exact) mass is 282 g/mol. The molecule has 0 saturated carbocycles. The molecule has 1 saturated heterocycles. The number of aliphatic hydroxyl groups is 1. The molecule has 2 rings (SSSR count). The van der Waals surface area contributed by atoms with Crippen molar-refractivity contribution in [3.05, 3.63) is 21.9 Å². The predicted molar refractivity (Wildman–Crippen MR) is 78.0 cm³/mol. The van der Waals surface area contributed by atoms with Gasteiger partial charge in [0.15, 0.2) is 0 Å². The fourth-order valence-electron chi connectivity index (χ4n) is 1.81. The van der Waals surface area contributed by atoms with Gasteiger partial charge in [0.2, 0.25) is 0 Å². The molecule has 0 amide bonds. The van der Waals surface area contributed by atoms with Crippen LogP contribution in [-0.2, 0) is 10.5 Å². The Labute approximate surface area is 117 Å². The SMILES string of the molecule is OCCC#Cc1csc(CSCC2CCCO2)c1. The summed E-state index contributed by atoms with van der Waals surface area (Å²) in [5.74, 6) is 8.16. The van der Waals surface area contributed by atoms with Crippen molar-refractivity contribution in [2.75, 3.05) is 19.0 Å². The highest BCUT2D eigenvalue weighted by atomic mass is 32.2. The van der Waals surface area contributed by atoms with Gasteiger partial charge in [-0.25, -0.2) is 0 Å². The van der Waals surface area contributed by atoms with Gasteiger partial charge in [-0.05, 0) is 18.9 Å². The third kappa shape index (κ3) is 4.66. The molecule has 4 heteroatoms. The van der Waals surface area contributed by atoms with Crippen LogP contribution in [0.25, 0.3) is 0 Å². The number of aliphatic hydroxyl groups excluding tert-OH is 1. The van der Waals surface area contributed by atoms with Gasteiger partial charge in [0.1, 0.15) is 0 Å². The van der Waals surface area contributed by atoms with E-state index in [4.69, 9.17) is 9.84 Å². The Morgan fingerprint density at radius 3 is 3.28 bits per heavy atom. The molecule has 18 heavy (non-hydrogen) atoms. The Morgan fingerprint density at radius 1 is 1.56 bits per heavy atom. The summed E-state index contributed by atoms with van der Waals surface area (Å²) in [6, 6.07) is 2.15. The van der Waals surface area contributed by atoms with Gasteiger partial charge in [-0.15, -0.1) is 11.3 Å². The first-order chi connectivity index (χ1) is 8.88. The third-order valence-electron chi connectivity index (χ3n) is 2.70. The first-order valence-electron chi connectivity index (χ1n) is 6.25. The van der Waals surface area contributed by atoms with Crippen molar-refractivity contribution in [2.24, 2.45) is 0 Å². The second-order valence-electron chi connectivity index (χ2n) is 4.23. The van der Waals surface area contributed by atoms with Crippen molar-refractivity contribution in [1.29, 1.82) is 0 Å². The van der Waals surface area contributed by atoms with Gasteiger partial charge in [0.05, 0.1) is 12.7 Å². The highest BCUT2D eigenvalue weighted by molar-refractivity contribution is 7.98. The summed E-state index contributed by atoms with van der Waals surface area (Å²) < 4.78 is 5.60. The van der Waals surface area contributed by atoms with Crippen LogP contribution in [0.1, 0.15) is 29.7 Å². The average molecular weight is 282 g/mol. The molecule has 98 valence electrons. The Hall–Kier alpha value is -0.470. The van der Waals surface area contributed by atoms with E-state index in [1.54, 1.807) is 11.3 Å². The Kier molecular flexibility index (Phi) is 6.09. The second kappa shape index (κ2) is 7.85. The molecule has 2 nitrogen and oxygen atoms in total. The zero-order valence-corrected chi connectivity index (χ0v) is 12.0. The number of ether oxygens (including phenoxy) is 1. The van der Waals surface area contributed by atoms with Crippen molar-refractivity contribution in [1.82, 2.24) is 0 Å². The lowest BCUT2D eigenvalue weighted by molar-refractivity contribution is 0.129. The van der Waals surface area contributed by atoms with Crippen LogP contribution < -0.4 is 0 Å². The van der Waals surface area contributed by atoms with E-state index < -0.39 is 0 Å². The van der Waals surface area contributed by atoms with E-state index in [2.05, 4.69) is 23.3 Å². The van der Waals surface area contributed by atoms with Crippen molar-refractivity contribution in [2.45, 2.75) is 31.1 Å². The van der Waals surface area contributed by atoms with Crippen molar-refractivity contribution in [3.8, 4) is 11.8 Å². The maximum atomic E-state index is 8.65. The molecule has 1 unspecified atom stereocenters. The van der Waals surface area contributed by atoms with Crippen LogP contribution in [0.4, 0.5) is 0 Å². The lowest BCUT2D eigenvalue weighted by Gasteiger charge is -2.07. The summed E-state index contributed by atoms with van der Waals surface area (Å²) in [6.45, 7) is 1.08. The lowest BCUT2D eigenvalue weighted by atomic mass is 10.3. The molecule has 1 aromatic heterocycles. The number of thiophene rings is 1. The van der Waals surface area contributed by atoms with Gasteiger partial charge in [0.25, 0.3) is 0 Å². The zero-order chi connectivity index (χ0) is 12.6. The molecule has 1 aliphatic heterocycles. The molecule has 0 aromatic carbocycles. The van der Waals surface area contributed by atoms with Crippen LogP contribution in [0, 0.1) is 11.8 Å². The van der Waals surface area contributed by atoms with Crippen molar-refractivity contribution in [3.63, 3.8) is 0 Å². The number of hydrogen-bond acceptors (Lipinski definition) is 4. The highest BCUT2D eigenvalue weighted by Crippen LogP contribution is 2.23. The maximum absolute atomic E-state index is 8.65. The van der Waals surface area contributed by atoms with E-state index in [9.17, 15) is 0 Å². The Bertz CT molecular complexity index is 411. The Balaban J connectivity index is 1.71.